The van der Waals surface area contributed by atoms with E-state index < -0.39 is 24.3 Å². The number of rotatable bonds is 66. The molecule has 0 aliphatic carbocycles. The third-order valence-corrected chi connectivity index (χ3v) is 15.2. The summed E-state index contributed by atoms with van der Waals surface area (Å²) in [6.45, 7) is 4.63. The minimum atomic E-state index is -1.52. The molecule has 0 saturated heterocycles. The number of carbonyl (C=O) groups excluding carboxylic acids is 2. The van der Waals surface area contributed by atoms with Gasteiger partial charge in [-0.1, -0.05) is 305 Å². The summed E-state index contributed by atoms with van der Waals surface area (Å²) in [6.07, 6.45) is 107. The van der Waals surface area contributed by atoms with E-state index in [0.717, 1.165) is 148 Å². The predicted octanol–water partition coefficient (Wildman–Crippen LogP) is 23.6. The fraction of sp³-hybridized carbons (Fsp3) is 0.607. The lowest BCUT2D eigenvalue weighted by Crippen LogP contribution is -2.40. The van der Waals surface area contributed by atoms with Gasteiger partial charge in [0.05, 0.1) is 34.4 Å². The minimum Gasteiger partial charge on any atom is -0.477 e. The third-order valence-electron chi connectivity index (χ3n) is 15.2. The molecule has 2 atom stereocenters. The number of hydrogen-bond donors (Lipinski definition) is 1. The van der Waals surface area contributed by atoms with Crippen LogP contribution in [0.4, 0.5) is 0 Å². The van der Waals surface area contributed by atoms with Crippen LogP contribution in [0.25, 0.3) is 0 Å². The topological polar surface area (TPSA) is 108 Å². The number of ether oxygens (including phenoxy) is 4. The van der Waals surface area contributed by atoms with E-state index in [9.17, 15) is 19.5 Å². The lowest BCUT2D eigenvalue weighted by molar-refractivity contribution is -0.870. The largest absolute Gasteiger partial charge is 0.477 e. The zero-order valence-corrected chi connectivity index (χ0v) is 59.8. The van der Waals surface area contributed by atoms with Crippen molar-refractivity contribution in [3.05, 3.63) is 182 Å². The Morgan fingerprint density at radius 2 is 0.581 bits per heavy atom. The number of allylic oxidation sites excluding steroid dienone is 30. The van der Waals surface area contributed by atoms with E-state index >= 15 is 0 Å². The van der Waals surface area contributed by atoms with Crippen LogP contribution in [-0.2, 0) is 33.3 Å². The second-order valence-corrected chi connectivity index (χ2v) is 25.1. The van der Waals surface area contributed by atoms with E-state index in [0.29, 0.717) is 17.4 Å². The molecule has 0 rings (SSSR count). The van der Waals surface area contributed by atoms with Gasteiger partial charge < -0.3 is 28.5 Å². The van der Waals surface area contributed by atoms with Crippen molar-refractivity contribution >= 4 is 17.9 Å². The van der Waals surface area contributed by atoms with E-state index in [1.54, 1.807) is 0 Å². The first-order valence-electron chi connectivity index (χ1n) is 36.9. The molecular weight excluding hydrogens is 1150 g/mol. The highest BCUT2D eigenvalue weighted by Crippen LogP contribution is 2.16. The molecule has 0 aromatic heterocycles. The molecule has 524 valence electrons. The summed E-state index contributed by atoms with van der Waals surface area (Å²) in [7, 11) is 5.97. The second kappa shape index (κ2) is 72.2. The highest BCUT2D eigenvalue weighted by atomic mass is 16.7. The van der Waals surface area contributed by atoms with Gasteiger partial charge in [0.15, 0.2) is 6.10 Å². The molecule has 0 aliphatic heterocycles. The number of carboxylic acid groups (broad SMARTS) is 1. The molecule has 9 nitrogen and oxygen atoms in total. The summed E-state index contributed by atoms with van der Waals surface area (Å²) in [5.41, 5.74) is 0. The Morgan fingerprint density at radius 1 is 0.323 bits per heavy atom. The molecule has 0 saturated carbocycles. The number of carboxylic acids is 1. The molecule has 0 aliphatic rings. The number of aliphatic carboxylic acids is 1. The van der Waals surface area contributed by atoms with Crippen molar-refractivity contribution in [1.82, 2.24) is 0 Å². The third kappa shape index (κ3) is 73.7. The normalized spacial score (nSPS) is 13.8. The van der Waals surface area contributed by atoms with Gasteiger partial charge in [0, 0.05) is 12.8 Å². The highest BCUT2D eigenvalue weighted by Gasteiger charge is 2.25. The molecule has 9 heteroatoms. The summed E-state index contributed by atoms with van der Waals surface area (Å²) >= 11 is 0. The predicted molar refractivity (Wildman–Crippen MR) is 400 cm³/mol. The molecule has 0 amide bonds. The summed E-state index contributed by atoms with van der Waals surface area (Å²) in [4.78, 5) is 37.7. The lowest BCUT2D eigenvalue weighted by Gasteiger charge is -2.25. The monoisotopic (exact) mass is 1290 g/mol. The second-order valence-electron chi connectivity index (χ2n) is 25.1. The number of likely N-dealkylation sites (N-methyl/N-ethyl adjacent to an activating group) is 1. The van der Waals surface area contributed by atoms with Crippen LogP contribution in [-0.4, -0.2) is 87.4 Å². The van der Waals surface area contributed by atoms with Gasteiger partial charge in [0.2, 0.25) is 0 Å². The van der Waals surface area contributed by atoms with E-state index in [4.69, 9.17) is 18.9 Å². The van der Waals surface area contributed by atoms with Crippen LogP contribution in [0.2, 0.25) is 0 Å². The van der Waals surface area contributed by atoms with Crippen molar-refractivity contribution in [2.45, 2.75) is 283 Å². The molecule has 0 spiro atoms. The number of hydrogen-bond acceptors (Lipinski definition) is 7. The van der Waals surface area contributed by atoms with Gasteiger partial charge in [0.25, 0.3) is 6.29 Å². The maximum Gasteiger partial charge on any atom is 0.361 e. The maximum atomic E-state index is 13.0. The van der Waals surface area contributed by atoms with Crippen LogP contribution in [0.1, 0.15) is 271 Å². The van der Waals surface area contributed by atoms with E-state index in [2.05, 4.69) is 196 Å². The number of nitrogens with zero attached hydrogens (tertiary/aromatic N) is 1. The van der Waals surface area contributed by atoms with E-state index in [1.807, 2.05) is 21.1 Å². The number of quaternary nitrogens is 1. The molecule has 2 unspecified atom stereocenters. The van der Waals surface area contributed by atoms with Gasteiger partial charge in [-0.05, 0) is 135 Å². The number of carbonyl (C=O) groups is 3. The molecule has 0 aromatic carbocycles. The van der Waals surface area contributed by atoms with Crippen molar-refractivity contribution in [3.8, 4) is 0 Å². The Bertz CT molecular complexity index is 2190. The van der Waals surface area contributed by atoms with Gasteiger partial charge >= 0.3 is 17.9 Å². The van der Waals surface area contributed by atoms with Gasteiger partial charge in [-0.2, -0.15) is 0 Å². The van der Waals surface area contributed by atoms with Crippen LogP contribution in [0.5, 0.6) is 0 Å². The lowest BCUT2D eigenvalue weighted by atomic mass is 10.0. The van der Waals surface area contributed by atoms with Gasteiger partial charge in [-0.25, -0.2) is 4.79 Å². The van der Waals surface area contributed by atoms with Crippen molar-refractivity contribution in [1.29, 1.82) is 0 Å². The number of esters is 2. The van der Waals surface area contributed by atoms with Crippen molar-refractivity contribution in [2.24, 2.45) is 0 Å². The average molecular weight is 1290 g/mol. The quantitative estimate of drug-likeness (QED) is 0.0211. The molecule has 0 aromatic rings. The standard InChI is InChI=1S/C84H135NO8/c1-6-8-10-12-14-16-18-20-22-24-26-28-30-32-34-35-36-37-38-39-40-41-42-43-44-45-46-47-49-51-53-55-57-59-61-63-65-67-69-71-73-75-82(87)93-80(79-92-84(83(88)89)90-77-76-85(3,4)5)78-91-81(86)74-72-70-68-66-64-62-60-58-56-54-52-50-48-33-31-29-27-25-23-21-19-17-15-13-11-9-7-2/h8-11,14-17,20-23,26-29,32-34,36-37,39-40,42-43,45-46,48-49,51,80,84H,6-7,12-13,18-19,24-25,30-31,35,38,41,44,47,50,52-79H2,1-5H3/p+1/b10-8-,11-9-,16-14-,17-15-,22-20-,23-21-,28-26-,29-27-,34-32-,37-36-,40-39-,43-42-,46-45-,48-33-,51-49-. The molecule has 0 radical (unpaired) electrons. The maximum absolute atomic E-state index is 13.0. The van der Waals surface area contributed by atoms with E-state index in [-0.39, 0.29) is 38.6 Å². The first-order chi connectivity index (χ1) is 45.6. The molecule has 0 heterocycles. The zero-order valence-electron chi connectivity index (χ0n) is 59.8. The van der Waals surface area contributed by atoms with Crippen LogP contribution >= 0.6 is 0 Å². The van der Waals surface area contributed by atoms with Crippen LogP contribution in [0, 0.1) is 0 Å². The molecule has 1 N–H and O–H groups in total. The molecule has 0 fully saturated rings. The highest BCUT2D eigenvalue weighted by molar-refractivity contribution is 5.71. The summed E-state index contributed by atoms with van der Waals surface area (Å²) in [5, 5.41) is 9.76. The fourth-order valence-corrected chi connectivity index (χ4v) is 9.60. The Morgan fingerprint density at radius 3 is 0.860 bits per heavy atom. The Hall–Kier alpha value is -5.61. The smallest absolute Gasteiger partial charge is 0.361 e. The van der Waals surface area contributed by atoms with Gasteiger partial charge in [-0.3, -0.25) is 9.59 Å². The van der Waals surface area contributed by atoms with Crippen LogP contribution < -0.4 is 0 Å². The van der Waals surface area contributed by atoms with Crippen molar-refractivity contribution < 1.29 is 42.9 Å². The fourth-order valence-electron chi connectivity index (χ4n) is 9.60. The first-order valence-corrected chi connectivity index (χ1v) is 36.9. The summed E-state index contributed by atoms with van der Waals surface area (Å²) in [5.74, 6) is -2.03. The first kappa shape index (κ1) is 87.4. The van der Waals surface area contributed by atoms with Crippen LogP contribution in [0.15, 0.2) is 182 Å². The minimum absolute atomic E-state index is 0.178. The number of unbranched alkanes of at least 4 members (excludes halogenated alkanes) is 21. The zero-order chi connectivity index (χ0) is 67.5. The van der Waals surface area contributed by atoms with Gasteiger partial charge in [0.1, 0.15) is 13.2 Å². The van der Waals surface area contributed by atoms with Gasteiger partial charge in [-0.15, -0.1) is 0 Å². The Labute approximate surface area is 570 Å². The molecule has 93 heavy (non-hydrogen) atoms. The average Bonchev–Trinajstić information content (AvgIpc) is 3.38. The van der Waals surface area contributed by atoms with Crippen molar-refractivity contribution in [3.63, 3.8) is 0 Å². The van der Waals surface area contributed by atoms with E-state index in [1.165, 1.54) is 89.9 Å². The molecular formula is C84H136NO8+. The Kier molecular flexibility index (Phi) is 67.9. The molecule has 0 bridgehead atoms. The summed E-state index contributed by atoms with van der Waals surface area (Å²) < 4.78 is 23.0. The Balaban J connectivity index is 4.16. The van der Waals surface area contributed by atoms with Crippen molar-refractivity contribution in [2.75, 3.05) is 47.5 Å². The SMILES string of the molecule is CC/C=C\C/C=C\C/C=C\C/C=C\C/C=C\C/C=C\C/C=C\C/C=C\C/C=C\C/C=C\CCCCCCCCCCCCC(=O)OC(COC(=O)CCCCCCCCCCCCC/C=C\C/C=C\C/C=C\C/C=C\C/C=C\CC)COC(OCC[N+](C)(C)C)C(=O)O. The summed E-state index contributed by atoms with van der Waals surface area (Å²) in [6, 6.07) is 0. The van der Waals surface area contributed by atoms with Crippen LogP contribution in [0.3, 0.4) is 0 Å².